The Kier molecular flexibility index (Phi) is 10.8. The number of rotatable bonds is 15. The molecule has 0 spiro atoms. The third-order valence-electron chi connectivity index (χ3n) is 4.95. The van der Waals surface area contributed by atoms with Crippen LogP contribution in [0.1, 0.15) is 81.6 Å². The number of hydrogen-bond donors (Lipinski definition) is 1. The molecule has 0 radical (unpaired) electrons. The maximum atomic E-state index is 12.5. The monoisotopic (exact) mass is 421 g/mol. The van der Waals surface area contributed by atoms with E-state index in [-0.39, 0.29) is 0 Å². The Morgan fingerprint density at radius 3 is 2.04 bits per heavy atom. The summed E-state index contributed by atoms with van der Waals surface area (Å²) < 4.78 is 28.1. The van der Waals surface area contributed by atoms with Gasteiger partial charge in [0.15, 0.2) is 0 Å². The highest BCUT2D eigenvalue weighted by atomic mass is 32.2. The van der Waals surface area contributed by atoms with Gasteiger partial charge in [0.1, 0.15) is 4.21 Å². The first-order chi connectivity index (χ1) is 13.6. The summed E-state index contributed by atoms with van der Waals surface area (Å²) >= 11 is 1.37. The fourth-order valence-electron chi connectivity index (χ4n) is 3.28. The van der Waals surface area contributed by atoms with Gasteiger partial charge in [-0.3, -0.25) is 0 Å². The van der Waals surface area contributed by atoms with Crippen molar-refractivity contribution in [3.8, 4) is 0 Å². The van der Waals surface area contributed by atoms with E-state index in [9.17, 15) is 8.42 Å². The zero-order chi connectivity index (χ0) is 20.1. The number of hydrogen-bond acceptors (Lipinski definition) is 3. The van der Waals surface area contributed by atoms with Gasteiger partial charge < -0.3 is 0 Å². The van der Waals surface area contributed by atoms with E-state index < -0.39 is 10.0 Å². The lowest BCUT2D eigenvalue weighted by atomic mass is 10.1. The maximum Gasteiger partial charge on any atom is 0.250 e. The molecule has 0 bridgehead atoms. The van der Waals surface area contributed by atoms with Gasteiger partial charge in [-0.2, -0.15) is 0 Å². The molecule has 1 aromatic carbocycles. The van der Waals surface area contributed by atoms with Crippen LogP contribution in [0.4, 0.5) is 0 Å². The lowest BCUT2D eigenvalue weighted by Gasteiger charge is -2.05. The van der Waals surface area contributed by atoms with E-state index in [1.54, 1.807) is 6.07 Å². The Hall–Kier alpha value is -1.17. The molecule has 2 aromatic rings. The van der Waals surface area contributed by atoms with Crippen LogP contribution < -0.4 is 4.72 Å². The zero-order valence-corrected chi connectivity index (χ0v) is 18.8. The molecule has 0 fully saturated rings. The lowest BCUT2D eigenvalue weighted by Crippen LogP contribution is -2.23. The second-order valence-corrected chi connectivity index (χ2v) is 10.6. The summed E-state index contributed by atoms with van der Waals surface area (Å²) in [6.07, 6.45) is 13.3. The summed E-state index contributed by atoms with van der Waals surface area (Å²) in [5.41, 5.74) is 1.20. The van der Waals surface area contributed by atoms with E-state index in [1.807, 2.05) is 24.3 Å². The van der Waals surface area contributed by atoms with Crippen molar-refractivity contribution in [1.29, 1.82) is 0 Å². The molecule has 0 aliphatic rings. The van der Waals surface area contributed by atoms with Crippen molar-refractivity contribution in [3.63, 3.8) is 0 Å². The molecule has 0 saturated heterocycles. The van der Waals surface area contributed by atoms with E-state index in [0.717, 1.165) is 24.1 Å². The summed E-state index contributed by atoms with van der Waals surface area (Å²) in [4.78, 5) is 1.07. The minimum atomic E-state index is -3.37. The summed E-state index contributed by atoms with van der Waals surface area (Å²) in [6, 6.07) is 13.8. The van der Waals surface area contributed by atoms with Crippen LogP contribution in [-0.4, -0.2) is 15.0 Å². The quantitative estimate of drug-likeness (QED) is 0.332. The number of benzene rings is 1. The van der Waals surface area contributed by atoms with Crippen LogP contribution in [0, 0.1) is 0 Å². The highest BCUT2D eigenvalue weighted by molar-refractivity contribution is 7.91. The van der Waals surface area contributed by atoms with Crippen molar-refractivity contribution >= 4 is 21.4 Å². The van der Waals surface area contributed by atoms with Crippen LogP contribution in [0.15, 0.2) is 46.7 Å². The van der Waals surface area contributed by atoms with Crippen molar-refractivity contribution in [1.82, 2.24) is 4.72 Å². The van der Waals surface area contributed by atoms with Crippen molar-refractivity contribution in [2.75, 3.05) is 6.54 Å². The fraction of sp³-hybridized carbons (Fsp3) is 0.565. The molecule has 5 heteroatoms. The highest BCUT2D eigenvalue weighted by Crippen LogP contribution is 2.24. The smallest absolute Gasteiger partial charge is 0.210 e. The van der Waals surface area contributed by atoms with Gasteiger partial charge in [-0.1, -0.05) is 95.0 Å². The Labute approximate surface area is 175 Å². The molecule has 1 N–H and O–H groups in total. The van der Waals surface area contributed by atoms with Gasteiger partial charge in [0.2, 0.25) is 10.0 Å². The Morgan fingerprint density at radius 2 is 1.39 bits per heavy atom. The van der Waals surface area contributed by atoms with Crippen LogP contribution >= 0.6 is 11.3 Å². The van der Waals surface area contributed by atoms with Gasteiger partial charge in [-0.15, -0.1) is 11.3 Å². The largest absolute Gasteiger partial charge is 0.250 e. The molecule has 0 atom stereocenters. The molecule has 2 rings (SSSR count). The van der Waals surface area contributed by atoms with Gasteiger partial charge in [-0.25, -0.2) is 13.1 Å². The molecule has 1 heterocycles. The molecule has 0 aliphatic carbocycles. The minimum Gasteiger partial charge on any atom is -0.210 e. The zero-order valence-electron chi connectivity index (χ0n) is 17.2. The van der Waals surface area contributed by atoms with Crippen LogP contribution in [0.25, 0.3) is 0 Å². The Balaban J connectivity index is 1.61. The van der Waals surface area contributed by atoms with Crippen LogP contribution in [0.5, 0.6) is 0 Å². The third-order valence-corrected chi connectivity index (χ3v) is 7.98. The van der Waals surface area contributed by atoms with Gasteiger partial charge >= 0.3 is 0 Å². The van der Waals surface area contributed by atoms with E-state index in [4.69, 9.17) is 0 Å². The number of sulfonamides is 1. The summed E-state index contributed by atoms with van der Waals surface area (Å²) in [5.74, 6) is 0. The minimum absolute atomic E-state index is 0.422. The van der Waals surface area contributed by atoms with Crippen molar-refractivity contribution in [2.24, 2.45) is 0 Å². The molecular formula is C23H35NO2S2. The first-order valence-corrected chi connectivity index (χ1v) is 13.0. The molecule has 156 valence electrons. The topological polar surface area (TPSA) is 46.2 Å². The van der Waals surface area contributed by atoms with E-state index in [1.165, 1.54) is 68.3 Å². The summed E-state index contributed by atoms with van der Waals surface area (Å²) in [5, 5.41) is 0. The Bertz CT molecular complexity index is 754. The molecule has 1 aromatic heterocycles. The fourth-order valence-corrected chi connectivity index (χ4v) is 5.79. The molecule has 0 unspecified atom stereocenters. The second kappa shape index (κ2) is 13.1. The van der Waals surface area contributed by atoms with E-state index in [0.29, 0.717) is 10.8 Å². The summed E-state index contributed by atoms with van der Waals surface area (Å²) in [6.45, 7) is 2.78. The lowest BCUT2D eigenvalue weighted by molar-refractivity contribution is 0.549. The Morgan fingerprint density at radius 1 is 0.786 bits per heavy atom. The number of thiophene rings is 1. The first-order valence-electron chi connectivity index (χ1n) is 10.7. The SMILES string of the molecule is CCCCCCCCCCCCNS(=O)(=O)c1ccc(Cc2ccccc2)s1. The number of nitrogens with one attached hydrogen (secondary N) is 1. The van der Waals surface area contributed by atoms with E-state index >= 15 is 0 Å². The highest BCUT2D eigenvalue weighted by Gasteiger charge is 2.16. The molecular weight excluding hydrogens is 386 g/mol. The van der Waals surface area contributed by atoms with Crippen molar-refractivity contribution in [3.05, 3.63) is 52.9 Å². The first kappa shape index (κ1) is 23.1. The molecule has 0 amide bonds. The molecule has 28 heavy (non-hydrogen) atoms. The van der Waals surface area contributed by atoms with Crippen molar-refractivity contribution in [2.45, 2.75) is 81.8 Å². The van der Waals surface area contributed by atoms with Crippen molar-refractivity contribution < 1.29 is 8.42 Å². The molecule has 0 saturated carbocycles. The maximum absolute atomic E-state index is 12.5. The van der Waals surface area contributed by atoms with Gasteiger partial charge in [0.05, 0.1) is 0 Å². The normalized spacial score (nSPS) is 11.8. The average molecular weight is 422 g/mol. The van der Waals surface area contributed by atoms with Crippen LogP contribution in [0.2, 0.25) is 0 Å². The van der Waals surface area contributed by atoms with Gasteiger partial charge in [0.25, 0.3) is 0 Å². The third kappa shape index (κ3) is 8.89. The van der Waals surface area contributed by atoms with Crippen LogP contribution in [0.3, 0.4) is 0 Å². The van der Waals surface area contributed by atoms with E-state index in [2.05, 4.69) is 23.8 Å². The number of unbranched alkanes of at least 4 members (excludes halogenated alkanes) is 9. The average Bonchev–Trinajstić information content (AvgIpc) is 3.16. The molecule has 3 nitrogen and oxygen atoms in total. The predicted molar refractivity (Wildman–Crippen MR) is 121 cm³/mol. The summed E-state index contributed by atoms with van der Waals surface area (Å²) in [7, 11) is -3.37. The van der Waals surface area contributed by atoms with Gasteiger partial charge in [0, 0.05) is 17.8 Å². The second-order valence-electron chi connectivity index (χ2n) is 7.46. The van der Waals surface area contributed by atoms with Crippen LogP contribution in [-0.2, 0) is 16.4 Å². The molecule has 0 aliphatic heterocycles. The van der Waals surface area contributed by atoms with Gasteiger partial charge in [-0.05, 0) is 24.1 Å². The standard InChI is InChI=1S/C23H35NO2S2/c1-2-3-4-5-6-7-8-9-10-14-19-24-28(25,26)23-18-17-22(27-23)20-21-15-12-11-13-16-21/h11-13,15-18,24H,2-10,14,19-20H2,1H3. The predicted octanol–water partition coefficient (Wildman–Crippen LogP) is 6.54.